The van der Waals surface area contributed by atoms with Crippen LogP contribution in [0.25, 0.3) is 27.6 Å². The molecule has 0 saturated heterocycles. The molecule has 0 fully saturated rings. The highest BCUT2D eigenvalue weighted by Crippen LogP contribution is 2.32. The summed E-state index contributed by atoms with van der Waals surface area (Å²) in [5.41, 5.74) is 2.42. The van der Waals surface area contributed by atoms with Crippen LogP contribution >= 0.6 is 0 Å². The maximum absolute atomic E-state index is 13.1. The van der Waals surface area contributed by atoms with Gasteiger partial charge in [-0.05, 0) is 70.4 Å². The first-order chi connectivity index (χ1) is 19.6. The Morgan fingerprint density at radius 3 is 2.23 bits per heavy atom. The molecule has 1 amide bonds. The summed E-state index contributed by atoms with van der Waals surface area (Å²) in [6.07, 6.45) is 1.56. The predicted octanol–water partition coefficient (Wildman–Crippen LogP) is 7.29. The standard InChI is InChI=1S/C34H26N2O4/c1-2-39-34(38)25-14-17-28(18-15-25)36-33(37)27(21-35)20-31-30-13-6-4-9-24(30)16-19-32(31)40-22-26-11-7-10-23-8-3-5-12-29(23)26/h3-20H,2,22H2,1H3,(H,36,37)/b27-20+. The lowest BCUT2D eigenvalue weighted by atomic mass is 10.0. The van der Waals surface area contributed by atoms with Crippen LogP contribution in [0.4, 0.5) is 5.69 Å². The molecule has 40 heavy (non-hydrogen) atoms. The van der Waals surface area contributed by atoms with Gasteiger partial charge in [-0.1, -0.05) is 72.8 Å². The Hall–Kier alpha value is -5.41. The number of nitrogens with zero attached hydrogens (tertiary/aromatic N) is 1. The number of anilines is 1. The van der Waals surface area contributed by atoms with E-state index in [2.05, 4.69) is 23.5 Å². The highest BCUT2D eigenvalue weighted by Gasteiger charge is 2.15. The van der Waals surface area contributed by atoms with Crippen molar-refractivity contribution in [1.82, 2.24) is 0 Å². The first-order valence-electron chi connectivity index (χ1n) is 12.9. The molecular weight excluding hydrogens is 500 g/mol. The molecule has 196 valence electrons. The molecule has 0 radical (unpaired) electrons. The molecule has 5 aromatic rings. The molecule has 0 spiro atoms. The Labute approximate surface area is 232 Å². The van der Waals surface area contributed by atoms with E-state index in [-0.39, 0.29) is 12.2 Å². The molecular formula is C34H26N2O4. The number of carbonyl (C=O) groups excluding carboxylic acids is 2. The minimum Gasteiger partial charge on any atom is -0.488 e. The van der Waals surface area contributed by atoms with Crippen LogP contribution in [0.2, 0.25) is 0 Å². The fourth-order valence-electron chi connectivity index (χ4n) is 4.52. The number of ether oxygens (including phenoxy) is 2. The van der Waals surface area contributed by atoms with Gasteiger partial charge in [-0.25, -0.2) is 4.79 Å². The van der Waals surface area contributed by atoms with E-state index in [0.29, 0.717) is 29.2 Å². The summed E-state index contributed by atoms with van der Waals surface area (Å²) in [6, 6.07) is 34.1. The molecule has 1 N–H and O–H groups in total. The predicted molar refractivity (Wildman–Crippen MR) is 157 cm³/mol. The summed E-state index contributed by atoms with van der Waals surface area (Å²) in [6.45, 7) is 2.33. The fraction of sp³-hybridized carbons (Fsp3) is 0.0882. The van der Waals surface area contributed by atoms with Crippen molar-refractivity contribution in [2.75, 3.05) is 11.9 Å². The average Bonchev–Trinajstić information content (AvgIpc) is 2.99. The van der Waals surface area contributed by atoms with Crippen LogP contribution in [0.5, 0.6) is 5.75 Å². The first kappa shape index (κ1) is 26.2. The van der Waals surface area contributed by atoms with E-state index in [4.69, 9.17) is 9.47 Å². The monoisotopic (exact) mass is 526 g/mol. The average molecular weight is 527 g/mol. The number of esters is 1. The Morgan fingerprint density at radius 1 is 0.825 bits per heavy atom. The van der Waals surface area contributed by atoms with E-state index in [1.54, 1.807) is 37.3 Å². The quantitative estimate of drug-likeness (QED) is 0.130. The van der Waals surface area contributed by atoms with E-state index >= 15 is 0 Å². The van der Waals surface area contributed by atoms with Gasteiger partial charge in [0.05, 0.1) is 12.2 Å². The SMILES string of the molecule is CCOC(=O)c1ccc(NC(=O)/C(C#N)=C/c2c(OCc3cccc4ccccc34)ccc3ccccc23)cc1. The molecule has 0 aliphatic carbocycles. The van der Waals surface area contributed by atoms with Crippen LogP contribution in [-0.2, 0) is 16.1 Å². The fourth-order valence-corrected chi connectivity index (χ4v) is 4.52. The Bertz CT molecular complexity index is 1780. The second kappa shape index (κ2) is 12.0. The van der Waals surface area contributed by atoms with Gasteiger partial charge < -0.3 is 14.8 Å². The number of carbonyl (C=O) groups is 2. The van der Waals surface area contributed by atoms with Crippen molar-refractivity contribution in [3.8, 4) is 11.8 Å². The Balaban J connectivity index is 1.44. The minimum absolute atomic E-state index is 0.0826. The van der Waals surface area contributed by atoms with Crippen molar-refractivity contribution >= 4 is 45.2 Å². The molecule has 0 saturated carbocycles. The van der Waals surface area contributed by atoms with Gasteiger partial charge in [0.1, 0.15) is 24.0 Å². The van der Waals surface area contributed by atoms with Gasteiger partial charge in [-0.2, -0.15) is 5.26 Å². The summed E-state index contributed by atoms with van der Waals surface area (Å²) in [5.74, 6) is -0.449. The lowest BCUT2D eigenvalue weighted by Gasteiger charge is -2.14. The van der Waals surface area contributed by atoms with E-state index in [1.165, 1.54) is 0 Å². The maximum atomic E-state index is 13.1. The number of rotatable bonds is 8. The largest absolute Gasteiger partial charge is 0.488 e. The third-order valence-corrected chi connectivity index (χ3v) is 6.50. The number of nitriles is 1. The lowest BCUT2D eigenvalue weighted by Crippen LogP contribution is -2.14. The van der Waals surface area contributed by atoms with Gasteiger partial charge in [0.2, 0.25) is 0 Å². The zero-order chi connectivity index (χ0) is 27.9. The molecule has 0 aromatic heterocycles. The number of amides is 1. The zero-order valence-electron chi connectivity index (χ0n) is 21.9. The smallest absolute Gasteiger partial charge is 0.338 e. The highest BCUT2D eigenvalue weighted by molar-refractivity contribution is 6.11. The minimum atomic E-state index is -0.570. The van der Waals surface area contributed by atoms with Gasteiger partial charge in [0, 0.05) is 11.3 Å². The third-order valence-electron chi connectivity index (χ3n) is 6.50. The lowest BCUT2D eigenvalue weighted by molar-refractivity contribution is -0.112. The third kappa shape index (κ3) is 5.69. The molecule has 0 atom stereocenters. The molecule has 6 heteroatoms. The van der Waals surface area contributed by atoms with Gasteiger partial charge in [0.15, 0.2) is 0 Å². The van der Waals surface area contributed by atoms with Gasteiger partial charge in [-0.15, -0.1) is 0 Å². The van der Waals surface area contributed by atoms with Crippen molar-refractivity contribution < 1.29 is 19.1 Å². The topological polar surface area (TPSA) is 88.4 Å². The van der Waals surface area contributed by atoms with Gasteiger partial charge in [0.25, 0.3) is 5.91 Å². The van der Waals surface area contributed by atoms with E-state index in [9.17, 15) is 14.9 Å². The van der Waals surface area contributed by atoms with Gasteiger partial charge in [-0.3, -0.25) is 4.79 Å². The van der Waals surface area contributed by atoms with Crippen LogP contribution in [0.1, 0.15) is 28.4 Å². The number of fused-ring (bicyclic) bond motifs is 2. The molecule has 5 rings (SSSR count). The molecule has 0 heterocycles. The number of hydrogen-bond donors (Lipinski definition) is 1. The summed E-state index contributed by atoms with van der Waals surface area (Å²) < 4.78 is 11.3. The first-order valence-corrected chi connectivity index (χ1v) is 12.9. The van der Waals surface area contributed by atoms with Crippen LogP contribution in [0.15, 0.2) is 109 Å². The van der Waals surface area contributed by atoms with E-state index in [1.807, 2.05) is 66.7 Å². The van der Waals surface area contributed by atoms with Crippen molar-refractivity contribution in [2.24, 2.45) is 0 Å². The molecule has 0 bridgehead atoms. The van der Waals surface area contributed by atoms with E-state index in [0.717, 1.165) is 27.1 Å². The molecule has 5 aromatic carbocycles. The normalized spacial score (nSPS) is 11.2. The maximum Gasteiger partial charge on any atom is 0.338 e. The number of nitrogens with one attached hydrogen (secondary N) is 1. The van der Waals surface area contributed by atoms with Crippen molar-refractivity contribution in [3.63, 3.8) is 0 Å². The van der Waals surface area contributed by atoms with Gasteiger partial charge >= 0.3 is 5.97 Å². The summed E-state index contributed by atoms with van der Waals surface area (Å²) in [5, 5.41) is 16.7. The van der Waals surface area contributed by atoms with Crippen LogP contribution < -0.4 is 10.1 Å². The molecule has 0 unspecified atom stereocenters. The second-order valence-electron chi connectivity index (χ2n) is 9.05. The molecule has 0 aliphatic heterocycles. The van der Waals surface area contributed by atoms with E-state index < -0.39 is 11.9 Å². The summed E-state index contributed by atoms with van der Waals surface area (Å²) >= 11 is 0. The molecule has 0 aliphatic rings. The highest BCUT2D eigenvalue weighted by atomic mass is 16.5. The Morgan fingerprint density at radius 2 is 1.50 bits per heavy atom. The number of benzene rings is 5. The van der Waals surface area contributed by atoms with Crippen molar-refractivity contribution in [1.29, 1.82) is 5.26 Å². The molecule has 6 nitrogen and oxygen atoms in total. The van der Waals surface area contributed by atoms with Crippen molar-refractivity contribution in [2.45, 2.75) is 13.5 Å². The Kier molecular flexibility index (Phi) is 7.84. The zero-order valence-corrected chi connectivity index (χ0v) is 21.9. The van der Waals surface area contributed by atoms with Crippen LogP contribution in [-0.4, -0.2) is 18.5 Å². The second-order valence-corrected chi connectivity index (χ2v) is 9.05. The van der Waals surface area contributed by atoms with Crippen LogP contribution in [0, 0.1) is 11.3 Å². The summed E-state index contributed by atoms with van der Waals surface area (Å²) in [4.78, 5) is 25.0. The summed E-state index contributed by atoms with van der Waals surface area (Å²) in [7, 11) is 0. The number of hydrogen-bond acceptors (Lipinski definition) is 5. The van der Waals surface area contributed by atoms with Crippen LogP contribution in [0.3, 0.4) is 0 Å². The van der Waals surface area contributed by atoms with Crippen molar-refractivity contribution in [3.05, 3.63) is 125 Å².